The third kappa shape index (κ3) is 6.47. The van der Waals surface area contributed by atoms with Gasteiger partial charge in [-0.15, -0.1) is 0 Å². The third-order valence-corrected chi connectivity index (χ3v) is 2.88. The Morgan fingerprint density at radius 1 is 1.27 bits per heavy atom. The van der Waals surface area contributed by atoms with Crippen LogP contribution in [0.3, 0.4) is 0 Å². The number of likely N-dealkylation sites (N-methyl/N-ethyl adjacent to an activating group) is 1. The highest BCUT2D eigenvalue weighted by Gasteiger charge is 2.05. The highest BCUT2D eigenvalue weighted by atomic mass is 16.5. The van der Waals surface area contributed by atoms with Crippen LogP contribution in [0.2, 0.25) is 0 Å². The van der Waals surface area contributed by atoms with E-state index in [1.807, 2.05) is 38.1 Å². The van der Waals surface area contributed by atoms with Crippen molar-refractivity contribution in [3.8, 4) is 5.75 Å². The molecule has 0 fully saturated rings. The van der Waals surface area contributed by atoms with Gasteiger partial charge in [-0.25, -0.2) is 4.99 Å². The SMILES string of the molecule is CCNC(=NCc1cccc(OCC)c1)NCC(=O)N(C)C. The van der Waals surface area contributed by atoms with Gasteiger partial charge in [0.1, 0.15) is 5.75 Å². The highest BCUT2D eigenvalue weighted by Crippen LogP contribution is 2.13. The molecule has 6 nitrogen and oxygen atoms in total. The van der Waals surface area contributed by atoms with E-state index in [2.05, 4.69) is 15.6 Å². The monoisotopic (exact) mass is 306 g/mol. The molecule has 6 heteroatoms. The zero-order chi connectivity index (χ0) is 16.4. The van der Waals surface area contributed by atoms with E-state index in [1.165, 1.54) is 0 Å². The molecule has 0 bridgehead atoms. The number of carbonyl (C=O) groups is 1. The van der Waals surface area contributed by atoms with Crippen molar-refractivity contribution in [2.75, 3.05) is 33.8 Å². The lowest BCUT2D eigenvalue weighted by Crippen LogP contribution is -2.42. The van der Waals surface area contributed by atoms with Crippen LogP contribution in [0.25, 0.3) is 0 Å². The minimum atomic E-state index is 0.00365. The van der Waals surface area contributed by atoms with E-state index in [0.29, 0.717) is 19.1 Å². The molecule has 0 spiro atoms. The maximum Gasteiger partial charge on any atom is 0.241 e. The molecule has 0 saturated heterocycles. The highest BCUT2D eigenvalue weighted by molar-refractivity contribution is 5.86. The van der Waals surface area contributed by atoms with Crippen LogP contribution in [0, 0.1) is 0 Å². The first kappa shape index (κ1) is 17.8. The van der Waals surface area contributed by atoms with Crippen LogP contribution in [0.1, 0.15) is 19.4 Å². The molecule has 1 aromatic carbocycles. The summed E-state index contributed by atoms with van der Waals surface area (Å²) in [4.78, 5) is 17.6. The Kier molecular flexibility index (Phi) is 7.81. The number of nitrogens with zero attached hydrogens (tertiary/aromatic N) is 2. The summed E-state index contributed by atoms with van der Waals surface area (Å²) in [5, 5.41) is 6.15. The summed E-state index contributed by atoms with van der Waals surface area (Å²) < 4.78 is 5.48. The second kappa shape index (κ2) is 9.65. The zero-order valence-electron chi connectivity index (χ0n) is 13.8. The molecule has 0 aliphatic rings. The van der Waals surface area contributed by atoms with Gasteiger partial charge in [0.25, 0.3) is 0 Å². The Morgan fingerprint density at radius 2 is 2.05 bits per heavy atom. The van der Waals surface area contributed by atoms with Crippen molar-refractivity contribution < 1.29 is 9.53 Å². The lowest BCUT2D eigenvalue weighted by atomic mass is 10.2. The van der Waals surface area contributed by atoms with Crippen molar-refractivity contribution in [3.05, 3.63) is 29.8 Å². The molecule has 0 unspecified atom stereocenters. The molecule has 122 valence electrons. The Bertz CT molecular complexity index is 501. The summed E-state index contributed by atoms with van der Waals surface area (Å²) in [6.45, 7) is 6.06. The van der Waals surface area contributed by atoms with Gasteiger partial charge in [0.2, 0.25) is 5.91 Å². The molecule has 0 aliphatic heterocycles. The van der Waals surface area contributed by atoms with Crippen molar-refractivity contribution in [1.82, 2.24) is 15.5 Å². The Morgan fingerprint density at radius 3 is 2.68 bits per heavy atom. The maximum atomic E-state index is 11.6. The van der Waals surface area contributed by atoms with Crippen molar-refractivity contribution in [1.29, 1.82) is 0 Å². The summed E-state index contributed by atoms with van der Waals surface area (Å²) >= 11 is 0. The van der Waals surface area contributed by atoms with Gasteiger partial charge in [-0.3, -0.25) is 4.79 Å². The number of rotatable bonds is 7. The number of aliphatic imine (C=N–C) groups is 1. The Labute approximate surface area is 132 Å². The smallest absolute Gasteiger partial charge is 0.241 e. The number of carbonyl (C=O) groups excluding carboxylic acids is 1. The van der Waals surface area contributed by atoms with E-state index in [9.17, 15) is 4.79 Å². The fraction of sp³-hybridized carbons (Fsp3) is 0.500. The van der Waals surface area contributed by atoms with Crippen LogP contribution in [0.5, 0.6) is 5.75 Å². The maximum absolute atomic E-state index is 11.6. The van der Waals surface area contributed by atoms with Crippen LogP contribution in [-0.2, 0) is 11.3 Å². The van der Waals surface area contributed by atoms with Crippen molar-refractivity contribution in [2.24, 2.45) is 4.99 Å². The van der Waals surface area contributed by atoms with Gasteiger partial charge in [-0.1, -0.05) is 12.1 Å². The quantitative estimate of drug-likeness (QED) is 0.587. The van der Waals surface area contributed by atoms with E-state index < -0.39 is 0 Å². The molecule has 1 amide bonds. The van der Waals surface area contributed by atoms with Gasteiger partial charge in [-0.05, 0) is 31.5 Å². The first-order chi connectivity index (χ1) is 10.6. The van der Waals surface area contributed by atoms with Crippen molar-refractivity contribution >= 4 is 11.9 Å². The minimum Gasteiger partial charge on any atom is -0.494 e. The van der Waals surface area contributed by atoms with E-state index in [1.54, 1.807) is 19.0 Å². The average Bonchev–Trinajstić information content (AvgIpc) is 2.50. The lowest BCUT2D eigenvalue weighted by molar-refractivity contribution is -0.127. The Hall–Kier alpha value is -2.24. The van der Waals surface area contributed by atoms with E-state index in [0.717, 1.165) is 17.9 Å². The predicted molar refractivity (Wildman–Crippen MR) is 89.1 cm³/mol. The van der Waals surface area contributed by atoms with E-state index in [-0.39, 0.29) is 12.5 Å². The number of hydrogen-bond donors (Lipinski definition) is 2. The number of nitrogens with one attached hydrogen (secondary N) is 2. The third-order valence-electron chi connectivity index (χ3n) is 2.88. The first-order valence-electron chi connectivity index (χ1n) is 7.50. The Balaban J connectivity index is 2.64. The topological polar surface area (TPSA) is 66.0 Å². The predicted octanol–water partition coefficient (Wildman–Crippen LogP) is 1.23. The molecular weight excluding hydrogens is 280 g/mol. The van der Waals surface area contributed by atoms with Crippen LogP contribution in [0.4, 0.5) is 0 Å². The molecule has 0 atom stereocenters. The van der Waals surface area contributed by atoms with Crippen LogP contribution < -0.4 is 15.4 Å². The molecule has 0 saturated carbocycles. The van der Waals surface area contributed by atoms with Gasteiger partial charge in [0, 0.05) is 20.6 Å². The van der Waals surface area contributed by atoms with Gasteiger partial charge in [-0.2, -0.15) is 0 Å². The van der Waals surface area contributed by atoms with Gasteiger partial charge in [0.15, 0.2) is 5.96 Å². The first-order valence-corrected chi connectivity index (χ1v) is 7.50. The summed E-state index contributed by atoms with van der Waals surface area (Å²) in [5.74, 6) is 1.47. The second-order valence-electron chi connectivity index (χ2n) is 4.92. The molecule has 0 radical (unpaired) electrons. The minimum absolute atomic E-state index is 0.00365. The molecule has 0 aliphatic carbocycles. The largest absolute Gasteiger partial charge is 0.494 e. The van der Waals surface area contributed by atoms with Crippen molar-refractivity contribution in [3.63, 3.8) is 0 Å². The van der Waals surface area contributed by atoms with Crippen LogP contribution in [0.15, 0.2) is 29.3 Å². The average molecular weight is 306 g/mol. The van der Waals surface area contributed by atoms with Crippen molar-refractivity contribution in [2.45, 2.75) is 20.4 Å². The molecule has 22 heavy (non-hydrogen) atoms. The van der Waals surface area contributed by atoms with E-state index >= 15 is 0 Å². The fourth-order valence-corrected chi connectivity index (χ4v) is 1.73. The van der Waals surface area contributed by atoms with Gasteiger partial charge < -0.3 is 20.3 Å². The standard InChI is InChI=1S/C16H26N4O2/c1-5-17-16(19-12-15(21)20(3)4)18-11-13-8-7-9-14(10-13)22-6-2/h7-10H,5-6,11-12H2,1-4H3,(H2,17,18,19). The van der Waals surface area contributed by atoms with E-state index in [4.69, 9.17) is 4.74 Å². The molecule has 0 heterocycles. The summed E-state index contributed by atoms with van der Waals surface area (Å²) in [6.07, 6.45) is 0. The molecule has 1 aromatic rings. The van der Waals surface area contributed by atoms with Crippen LogP contribution in [-0.4, -0.2) is 50.6 Å². The molecule has 0 aromatic heterocycles. The fourth-order valence-electron chi connectivity index (χ4n) is 1.73. The summed E-state index contributed by atoms with van der Waals surface area (Å²) in [7, 11) is 3.46. The summed E-state index contributed by atoms with van der Waals surface area (Å²) in [5.41, 5.74) is 1.06. The summed E-state index contributed by atoms with van der Waals surface area (Å²) in [6, 6.07) is 7.85. The second-order valence-corrected chi connectivity index (χ2v) is 4.92. The van der Waals surface area contributed by atoms with Gasteiger partial charge in [0.05, 0.1) is 19.7 Å². The number of ether oxygens (including phenoxy) is 1. The normalized spacial score (nSPS) is 11.0. The molecular formula is C16H26N4O2. The number of amides is 1. The lowest BCUT2D eigenvalue weighted by Gasteiger charge is -2.14. The number of benzene rings is 1. The molecule has 1 rings (SSSR count). The molecule has 2 N–H and O–H groups in total. The van der Waals surface area contributed by atoms with Crippen LogP contribution >= 0.6 is 0 Å². The number of guanidine groups is 1. The number of hydrogen-bond acceptors (Lipinski definition) is 3. The zero-order valence-corrected chi connectivity index (χ0v) is 13.8. The van der Waals surface area contributed by atoms with Gasteiger partial charge >= 0.3 is 0 Å².